The van der Waals surface area contributed by atoms with Crippen LogP contribution in [-0.2, 0) is 5.41 Å². The van der Waals surface area contributed by atoms with Crippen LogP contribution in [0.4, 0.5) is 0 Å². The maximum absolute atomic E-state index is 4.78. The molecule has 2 aromatic heterocycles. The highest BCUT2D eigenvalue weighted by molar-refractivity contribution is 5.99. The predicted octanol–water partition coefficient (Wildman–Crippen LogP) is 9.34. The van der Waals surface area contributed by atoms with Crippen molar-refractivity contribution in [2.45, 2.75) is 40.0 Å². The first kappa shape index (κ1) is 24.8. The van der Waals surface area contributed by atoms with E-state index in [2.05, 4.69) is 136 Å². The number of rotatable bonds is 4. The van der Waals surface area contributed by atoms with E-state index in [1.807, 2.05) is 12.4 Å². The highest BCUT2D eigenvalue weighted by Crippen LogP contribution is 2.35. The Kier molecular flexibility index (Phi) is 6.15. The molecule has 0 aliphatic rings. The Hall–Kier alpha value is -4.50. The number of imidazole rings is 1. The van der Waals surface area contributed by atoms with Gasteiger partial charge in [0.15, 0.2) is 0 Å². The molecule has 4 aromatic carbocycles. The molecule has 0 fully saturated rings. The van der Waals surface area contributed by atoms with E-state index in [9.17, 15) is 0 Å². The monoisotopic (exact) mass is 507 g/mol. The highest BCUT2D eigenvalue weighted by Gasteiger charge is 2.16. The second-order valence-electron chi connectivity index (χ2n) is 11.4. The van der Waals surface area contributed by atoms with Crippen LogP contribution in [0, 0.1) is 13.8 Å². The minimum absolute atomic E-state index is 0.0721. The largest absolute Gasteiger partial charge is 0.299 e. The molecule has 6 aromatic rings. The molecule has 3 nitrogen and oxygen atoms in total. The third-order valence-corrected chi connectivity index (χ3v) is 7.56. The zero-order chi connectivity index (χ0) is 27.1. The normalized spacial score (nSPS) is 11.7. The number of hydrogen-bond donors (Lipinski definition) is 0. The van der Waals surface area contributed by atoms with Crippen molar-refractivity contribution in [1.29, 1.82) is 0 Å². The molecular weight excluding hydrogens is 474 g/mol. The summed E-state index contributed by atoms with van der Waals surface area (Å²) in [6, 6.07) is 32.7. The molecule has 0 saturated heterocycles. The van der Waals surface area contributed by atoms with Crippen LogP contribution in [0.15, 0.2) is 110 Å². The maximum atomic E-state index is 4.78. The molecule has 3 heteroatoms. The number of nitrogens with zero attached hydrogens (tertiary/aromatic N) is 3. The second-order valence-corrected chi connectivity index (χ2v) is 11.4. The second kappa shape index (κ2) is 9.67. The average molecular weight is 508 g/mol. The molecule has 0 N–H and O–H groups in total. The standard InChI is InChI=1S/C36H33N3/c1-24-9-6-10-25(2)34(24)39-20-19-38-35(39)29-13-7-12-27(21-29)31-14-8-11-26-15-16-28(22-32(26)31)33-23-30(17-18-37-33)36(3,4)5/h6-23H,1-5H3. The van der Waals surface area contributed by atoms with Crippen molar-refractivity contribution < 1.29 is 0 Å². The fourth-order valence-corrected chi connectivity index (χ4v) is 5.45. The van der Waals surface area contributed by atoms with Gasteiger partial charge in [-0.05, 0) is 82.1 Å². The molecule has 0 aliphatic carbocycles. The summed E-state index contributed by atoms with van der Waals surface area (Å²) >= 11 is 0. The molecular formula is C36H33N3. The van der Waals surface area contributed by atoms with Gasteiger partial charge in [0.25, 0.3) is 0 Å². The number of pyridine rings is 1. The maximum Gasteiger partial charge on any atom is 0.144 e. The van der Waals surface area contributed by atoms with Gasteiger partial charge in [0.05, 0.1) is 11.4 Å². The molecule has 2 heterocycles. The van der Waals surface area contributed by atoms with Gasteiger partial charge in [-0.15, -0.1) is 0 Å². The molecule has 0 saturated carbocycles. The van der Waals surface area contributed by atoms with E-state index >= 15 is 0 Å². The SMILES string of the molecule is Cc1cccc(C)c1-n1ccnc1-c1cccc(-c2cccc3ccc(-c4cc(C(C)(C)C)ccn4)cc23)c1. The van der Waals surface area contributed by atoms with Gasteiger partial charge in [0.2, 0.25) is 0 Å². The van der Waals surface area contributed by atoms with Gasteiger partial charge in [0.1, 0.15) is 5.82 Å². The zero-order valence-electron chi connectivity index (χ0n) is 23.2. The molecule has 0 radical (unpaired) electrons. The third-order valence-electron chi connectivity index (χ3n) is 7.56. The fourth-order valence-electron chi connectivity index (χ4n) is 5.45. The third kappa shape index (κ3) is 4.66. The van der Waals surface area contributed by atoms with Crippen LogP contribution >= 0.6 is 0 Å². The van der Waals surface area contributed by atoms with Crippen molar-refractivity contribution in [2.75, 3.05) is 0 Å². The molecule has 0 spiro atoms. The summed E-state index contributed by atoms with van der Waals surface area (Å²) in [5, 5.41) is 2.43. The first-order valence-electron chi connectivity index (χ1n) is 13.5. The van der Waals surface area contributed by atoms with Crippen LogP contribution in [-0.4, -0.2) is 14.5 Å². The molecule has 0 bridgehead atoms. The van der Waals surface area contributed by atoms with E-state index in [-0.39, 0.29) is 5.41 Å². The van der Waals surface area contributed by atoms with Gasteiger partial charge in [-0.2, -0.15) is 0 Å². The molecule has 39 heavy (non-hydrogen) atoms. The van der Waals surface area contributed by atoms with E-state index in [4.69, 9.17) is 9.97 Å². The van der Waals surface area contributed by atoms with E-state index in [0.29, 0.717) is 0 Å². The van der Waals surface area contributed by atoms with Crippen molar-refractivity contribution in [3.63, 3.8) is 0 Å². The van der Waals surface area contributed by atoms with Crippen molar-refractivity contribution in [2.24, 2.45) is 0 Å². The number of hydrogen-bond acceptors (Lipinski definition) is 2. The van der Waals surface area contributed by atoms with Crippen LogP contribution in [0.5, 0.6) is 0 Å². The number of fused-ring (bicyclic) bond motifs is 1. The Labute approximate surface area is 230 Å². The van der Waals surface area contributed by atoms with Crippen LogP contribution in [0.2, 0.25) is 0 Å². The Morgan fingerprint density at radius 1 is 0.641 bits per heavy atom. The summed E-state index contributed by atoms with van der Waals surface area (Å²) in [5.41, 5.74) is 10.6. The van der Waals surface area contributed by atoms with Gasteiger partial charge < -0.3 is 0 Å². The summed E-state index contributed by atoms with van der Waals surface area (Å²) in [7, 11) is 0. The van der Waals surface area contributed by atoms with E-state index in [1.165, 1.54) is 44.3 Å². The Morgan fingerprint density at radius 2 is 1.38 bits per heavy atom. The van der Waals surface area contributed by atoms with Crippen LogP contribution < -0.4 is 0 Å². The number of aromatic nitrogens is 3. The summed E-state index contributed by atoms with van der Waals surface area (Å²) < 4.78 is 2.21. The van der Waals surface area contributed by atoms with E-state index in [0.717, 1.165) is 22.6 Å². The Bertz CT molecular complexity index is 1800. The highest BCUT2D eigenvalue weighted by atomic mass is 15.1. The molecule has 0 atom stereocenters. The Morgan fingerprint density at radius 3 is 2.18 bits per heavy atom. The quantitative estimate of drug-likeness (QED) is 0.238. The van der Waals surface area contributed by atoms with E-state index in [1.54, 1.807) is 0 Å². The molecule has 0 amide bonds. The Balaban J connectivity index is 1.46. The number of para-hydroxylation sites is 1. The molecule has 6 rings (SSSR count). The smallest absolute Gasteiger partial charge is 0.144 e. The summed E-state index contributed by atoms with van der Waals surface area (Å²) in [6.07, 6.45) is 5.87. The lowest BCUT2D eigenvalue weighted by atomic mass is 9.86. The van der Waals surface area contributed by atoms with Crippen molar-refractivity contribution in [3.8, 4) is 39.5 Å². The minimum Gasteiger partial charge on any atom is -0.299 e. The van der Waals surface area contributed by atoms with Crippen LogP contribution in [0.3, 0.4) is 0 Å². The lowest BCUT2D eigenvalue weighted by molar-refractivity contribution is 0.589. The van der Waals surface area contributed by atoms with Gasteiger partial charge >= 0.3 is 0 Å². The average Bonchev–Trinajstić information content (AvgIpc) is 3.41. The summed E-state index contributed by atoms with van der Waals surface area (Å²) in [5.74, 6) is 0.943. The lowest BCUT2D eigenvalue weighted by Gasteiger charge is -2.19. The van der Waals surface area contributed by atoms with Crippen molar-refractivity contribution >= 4 is 10.8 Å². The summed E-state index contributed by atoms with van der Waals surface area (Å²) in [4.78, 5) is 9.50. The fraction of sp³-hybridized carbons (Fsp3) is 0.167. The van der Waals surface area contributed by atoms with Crippen LogP contribution in [0.1, 0.15) is 37.5 Å². The topological polar surface area (TPSA) is 30.7 Å². The minimum atomic E-state index is 0.0721. The van der Waals surface area contributed by atoms with Crippen LogP contribution in [0.25, 0.3) is 50.2 Å². The first-order valence-corrected chi connectivity index (χ1v) is 13.5. The van der Waals surface area contributed by atoms with Gasteiger partial charge in [-0.1, -0.05) is 87.5 Å². The summed E-state index contributed by atoms with van der Waals surface area (Å²) in [6.45, 7) is 11.0. The van der Waals surface area contributed by atoms with Crippen molar-refractivity contribution in [3.05, 3.63) is 126 Å². The van der Waals surface area contributed by atoms with Crippen molar-refractivity contribution in [1.82, 2.24) is 14.5 Å². The van der Waals surface area contributed by atoms with Gasteiger partial charge in [-0.3, -0.25) is 9.55 Å². The first-order chi connectivity index (χ1) is 18.8. The number of benzene rings is 4. The van der Waals surface area contributed by atoms with E-state index < -0.39 is 0 Å². The molecule has 0 unspecified atom stereocenters. The zero-order valence-corrected chi connectivity index (χ0v) is 23.2. The van der Waals surface area contributed by atoms with Gasteiger partial charge in [-0.25, -0.2) is 4.98 Å². The predicted molar refractivity (Wildman–Crippen MR) is 163 cm³/mol. The molecule has 0 aliphatic heterocycles. The number of aryl methyl sites for hydroxylation is 2. The molecule has 192 valence electrons. The lowest BCUT2D eigenvalue weighted by Crippen LogP contribution is -2.11. The van der Waals surface area contributed by atoms with Gasteiger partial charge in [0, 0.05) is 29.7 Å².